The maximum absolute atomic E-state index is 12.7. The molecule has 0 aliphatic heterocycles. The van der Waals surface area contributed by atoms with Crippen molar-refractivity contribution in [3.8, 4) is 0 Å². The molecule has 118 valence electrons. The van der Waals surface area contributed by atoms with Crippen LogP contribution >= 0.6 is 0 Å². The van der Waals surface area contributed by atoms with Gasteiger partial charge in [0.2, 0.25) is 0 Å². The summed E-state index contributed by atoms with van der Waals surface area (Å²) in [5.74, 6) is -1.11. The van der Waals surface area contributed by atoms with Crippen LogP contribution < -0.4 is 5.73 Å². The van der Waals surface area contributed by atoms with E-state index in [2.05, 4.69) is 6.92 Å². The highest BCUT2D eigenvalue weighted by molar-refractivity contribution is 6.05. The van der Waals surface area contributed by atoms with Gasteiger partial charge in [0.15, 0.2) is 5.78 Å². The molecule has 0 saturated carbocycles. The molecule has 0 bridgehead atoms. The minimum atomic E-state index is -1.23. The predicted molar refractivity (Wildman–Crippen MR) is 81.6 cm³/mol. The van der Waals surface area contributed by atoms with Crippen molar-refractivity contribution in [2.45, 2.75) is 72.6 Å². The topological polar surface area (TPSA) is 80.4 Å². The number of unbranched alkanes of at least 4 members (excludes halogenated alkanes) is 3. The molecule has 20 heavy (non-hydrogen) atoms. The normalized spacial score (nSPS) is 14.8. The second-order valence-electron chi connectivity index (χ2n) is 6.67. The van der Waals surface area contributed by atoms with Crippen molar-refractivity contribution in [2.75, 3.05) is 6.54 Å². The van der Waals surface area contributed by atoms with Crippen molar-refractivity contribution in [3.63, 3.8) is 0 Å². The lowest BCUT2D eigenvalue weighted by Crippen LogP contribution is -2.45. The Kier molecular flexibility index (Phi) is 8.02. The third-order valence-corrected chi connectivity index (χ3v) is 3.79. The van der Waals surface area contributed by atoms with Crippen molar-refractivity contribution in [1.82, 2.24) is 0 Å². The van der Waals surface area contributed by atoms with Crippen LogP contribution in [0.15, 0.2) is 0 Å². The summed E-state index contributed by atoms with van der Waals surface area (Å²) < 4.78 is 0. The fraction of sp³-hybridized carbons (Fsp3) is 0.875. The fourth-order valence-corrected chi connectivity index (χ4v) is 2.63. The van der Waals surface area contributed by atoms with Crippen molar-refractivity contribution in [2.24, 2.45) is 16.6 Å². The van der Waals surface area contributed by atoms with E-state index in [1.165, 1.54) is 0 Å². The fourth-order valence-electron chi connectivity index (χ4n) is 2.63. The predicted octanol–water partition coefficient (Wildman–Crippen LogP) is 3.38. The zero-order chi connectivity index (χ0) is 15.8. The molecule has 0 aliphatic carbocycles. The van der Waals surface area contributed by atoms with E-state index in [-0.39, 0.29) is 5.78 Å². The average molecular weight is 285 g/mol. The molecule has 0 aliphatic rings. The van der Waals surface area contributed by atoms with E-state index in [0.717, 1.165) is 25.7 Å². The molecule has 0 rings (SSSR count). The third kappa shape index (κ3) is 5.23. The first-order valence-corrected chi connectivity index (χ1v) is 7.70. The number of carbonyl (C=O) groups excluding carboxylic acids is 1. The molecule has 0 aromatic heterocycles. The van der Waals surface area contributed by atoms with E-state index in [1.807, 2.05) is 0 Å². The van der Waals surface area contributed by atoms with Crippen LogP contribution in [0.3, 0.4) is 0 Å². The maximum atomic E-state index is 12.7. The van der Waals surface area contributed by atoms with Gasteiger partial charge in [-0.1, -0.05) is 53.4 Å². The zero-order valence-electron chi connectivity index (χ0n) is 13.5. The summed E-state index contributed by atoms with van der Waals surface area (Å²) in [6, 6.07) is 0. The molecule has 0 aromatic rings. The lowest BCUT2D eigenvalue weighted by molar-refractivity contribution is -0.159. The van der Waals surface area contributed by atoms with Gasteiger partial charge < -0.3 is 10.8 Å². The van der Waals surface area contributed by atoms with Crippen molar-refractivity contribution >= 4 is 11.8 Å². The Morgan fingerprint density at radius 1 is 1.00 bits per heavy atom. The second-order valence-corrected chi connectivity index (χ2v) is 6.67. The highest BCUT2D eigenvalue weighted by atomic mass is 16.4. The van der Waals surface area contributed by atoms with Gasteiger partial charge in [0, 0.05) is 5.41 Å². The molecule has 0 spiro atoms. The Morgan fingerprint density at radius 3 is 1.85 bits per heavy atom. The van der Waals surface area contributed by atoms with E-state index in [1.54, 1.807) is 20.8 Å². The van der Waals surface area contributed by atoms with Gasteiger partial charge in [-0.15, -0.1) is 0 Å². The summed E-state index contributed by atoms with van der Waals surface area (Å²) >= 11 is 0. The van der Waals surface area contributed by atoms with Crippen LogP contribution in [0.2, 0.25) is 0 Å². The molecule has 0 amide bonds. The highest BCUT2D eigenvalue weighted by Gasteiger charge is 2.48. The Labute approximate surface area is 123 Å². The van der Waals surface area contributed by atoms with Gasteiger partial charge in [0.1, 0.15) is 5.41 Å². The van der Waals surface area contributed by atoms with Gasteiger partial charge in [0.25, 0.3) is 0 Å². The first-order valence-electron chi connectivity index (χ1n) is 7.70. The molecule has 4 heteroatoms. The van der Waals surface area contributed by atoms with Crippen LogP contribution in [0.4, 0.5) is 0 Å². The van der Waals surface area contributed by atoms with E-state index in [9.17, 15) is 14.7 Å². The molecule has 1 unspecified atom stereocenters. The van der Waals surface area contributed by atoms with E-state index >= 15 is 0 Å². The molecular formula is C16H31NO3. The number of carboxylic acid groups (broad SMARTS) is 1. The number of carbonyl (C=O) groups is 2. The highest BCUT2D eigenvalue weighted by Crippen LogP contribution is 2.39. The van der Waals surface area contributed by atoms with E-state index < -0.39 is 16.8 Å². The quantitative estimate of drug-likeness (QED) is 0.476. The van der Waals surface area contributed by atoms with Crippen LogP contribution in [0.25, 0.3) is 0 Å². The summed E-state index contributed by atoms with van der Waals surface area (Å²) in [5, 5.41) is 9.70. The molecule has 4 nitrogen and oxygen atoms in total. The van der Waals surface area contributed by atoms with Crippen LogP contribution in [0, 0.1) is 10.8 Å². The number of ketones is 1. The Bertz CT molecular complexity index is 308. The molecule has 0 fully saturated rings. The van der Waals surface area contributed by atoms with Crippen molar-refractivity contribution < 1.29 is 14.7 Å². The molecular weight excluding hydrogens is 254 g/mol. The van der Waals surface area contributed by atoms with Crippen LogP contribution in [-0.4, -0.2) is 23.4 Å². The summed E-state index contributed by atoms with van der Waals surface area (Å²) in [4.78, 5) is 24.6. The van der Waals surface area contributed by atoms with Gasteiger partial charge >= 0.3 is 5.97 Å². The number of nitrogens with two attached hydrogens (primary N) is 1. The first-order chi connectivity index (χ1) is 9.22. The van der Waals surface area contributed by atoms with Gasteiger partial charge in [-0.3, -0.25) is 9.59 Å². The number of Topliss-reactive ketones (excluding diaryl/α,β-unsaturated/α-hetero) is 1. The molecule has 0 aromatic carbocycles. The minimum Gasteiger partial charge on any atom is -0.480 e. The van der Waals surface area contributed by atoms with Crippen LogP contribution in [0.5, 0.6) is 0 Å². The summed E-state index contributed by atoms with van der Waals surface area (Å²) in [5.41, 5.74) is 3.62. The average Bonchev–Trinajstić information content (AvgIpc) is 2.35. The number of carboxylic acids is 1. The Hall–Kier alpha value is -0.900. The zero-order valence-corrected chi connectivity index (χ0v) is 13.5. The number of hydrogen-bond donors (Lipinski definition) is 2. The molecule has 3 N–H and O–H groups in total. The van der Waals surface area contributed by atoms with Gasteiger partial charge in [-0.25, -0.2) is 0 Å². The third-order valence-electron chi connectivity index (χ3n) is 3.79. The van der Waals surface area contributed by atoms with E-state index in [4.69, 9.17) is 5.73 Å². The van der Waals surface area contributed by atoms with Crippen molar-refractivity contribution in [1.29, 1.82) is 0 Å². The smallest absolute Gasteiger partial charge is 0.317 e. The monoisotopic (exact) mass is 285 g/mol. The van der Waals surface area contributed by atoms with Crippen molar-refractivity contribution in [3.05, 3.63) is 0 Å². The Balaban J connectivity index is 5.22. The SMILES string of the molecule is CCCCCC(CCCCN)(C(=O)O)C(=O)C(C)(C)C. The van der Waals surface area contributed by atoms with Crippen LogP contribution in [0.1, 0.15) is 72.6 Å². The molecule has 0 saturated heterocycles. The molecule has 1 atom stereocenters. The Morgan fingerprint density at radius 2 is 1.50 bits per heavy atom. The standard InChI is InChI=1S/C16H31NO3/c1-5-6-7-10-16(14(19)20,11-8-9-12-17)13(18)15(2,3)4/h5-12,17H2,1-4H3,(H,19,20). The molecule has 0 radical (unpaired) electrons. The van der Waals surface area contributed by atoms with Crippen LogP contribution in [-0.2, 0) is 9.59 Å². The summed E-state index contributed by atoms with van der Waals surface area (Å²) in [6.45, 7) is 8.01. The van der Waals surface area contributed by atoms with Gasteiger partial charge in [0.05, 0.1) is 0 Å². The summed E-state index contributed by atoms with van der Waals surface area (Å²) in [6.07, 6.45) is 5.06. The van der Waals surface area contributed by atoms with Gasteiger partial charge in [-0.2, -0.15) is 0 Å². The largest absolute Gasteiger partial charge is 0.480 e. The van der Waals surface area contributed by atoms with Gasteiger partial charge in [-0.05, 0) is 25.8 Å². The second kappa shape index (κ2) is 8.40. The summed E-state index contributed by atoms with van der Waals surface area (Å²) in [7, 11) is 0. The number of hydrogen-bond acceptors (Lipinski definition) is 3. The first kappa shape index (κ1) is 19.1. The lowest BCUT2D eigenvalue weighted by Gasteiger charge is -2.34. The minimum absolute atomic E-state index is 0.148. The molecule has 0 heterocycles. The number of rotatable bonds is 10. The lowest BCUT2D eigenvalue weighted by atomic mass is 9.67. The number of aliphatic carboxylic acids is 1. The maximum Gasteiger partial charge on any atom is 0.317 e. The van der Waals surface area contributed by atoms with E-state index in [0.29, 0.717) is 25.8 Å².